The lowest BCUT2D eigenvalue weighted by Gasteiger charge is -2.03. The van der Waals surface area contributed by atoms with Crippen LogP contribution >= 0.6 is 0 Å². The molecule has 118 valence electrons. The third-order valence-electron chi connectivity index (χ3n) is 4.46. The molecule has 4 aromatic rings. The molecule has 1 N–H and O–H groups in total. The van der Waals surface area contributed by atoms with Gasteiger partial charge in [0.15, 0.2) is 5.69 Å². The number of hydrogen-bond donors (Lipinski definition) is 1. The molecule has 0 fully saturated rings. The predicted molar refractivity (Wildman–Crippen MR) is 90.2 cm³/mol. The number of aromatic amines is 1. The molecule has 0 amide bonds. The summed E-state index contributed by atoms with van der Waals surface area (Å²) in [6.45, 7) is 0.242. The average molecular weight is 320 g/mol. The summed E-state index contributed by atoms with van der Waals surface area (Å²) in [5, 5.41) is 1.97. The van der Waals surface area contributed by atoms with E-state index in [-0.39, 0.29) is 19.8 Å². The summed E-state index contributed by atoms with van der Waals surface area (Å²) in [6, 6.07) is 12.4. The van der Waals surface area contributed by atoms with E-state index in [0.717, 1.165) is 38.5 Å². The topological polar surface area (TPSA) is 55.0 Å². The highest BCUT2D eigenvalue weighted by atomic mass is 19.1. The van der Waals surface area contributed by atoms with E-state index in [4.69, 9.17) is 4.74 Å². The van der Waals surface area contributed by atoms with Crippen molar-refractivity contribution in [3.8, 4) is 11.1 Å². The van der Waals surface area contributed by atoms with Crippen molar-refractivity contribution in [1.82, 2.24) is 9.97 Å². The van der Waals surface area contributed by atoms with Crippen molar-refractivity contribution in [2.24, 2.45) is 0 Å². The molecule has 0 spiro atoms. The first-order valence-electron chi connectivity index (χ1n) is 7.57. The van der Waals surface area contributed by atoms with Crippen molar-refractivity contribution >= 4 is 27.8 Å². The molecule has 0 saturated heterocycles. The summed E-state index contributed by atoms with van der Waals surface area (Å²) in [5.74, 6) is -0.637. The number of carbonyl (C=O) groups is 1. The molecule has 1 aliphatic heterocycles. The van der Waals surface area contributed by atoms with Crippen LogP contribution in [0.3, 0.4) is 0 Å². The van der Waals surface area contributed by atoms with Crippen LogP contribution in [0.4, 0.5) is 4.39 Å². The molecule has 4 nitrogen and oxygen atoms in total. The largest absolute Gasteiger partial charge is 0.456 e. The summed E-state index contributed by atoms with van der Waals surface area (Å²) < 4.78 is 18.3. The summed E-state index contributed by atoms with van der Waals surface area (Å²) in [4.78, 5) is 19.3. The van der Waals surface area contributed by atoms with Gasteiger partial charge in [-0.1, -0.05) is 18.2 Å². The summed E-state index contributed by atoms with van der Waals surface area (Å²) >= 11 is 0. The van der Waals surface area contributed by atoms with E-state index in [1.165, 1.54) is 12.1 Å². The molecule has 0 bridgehead atoms. The number of esters is 1. The average Bonchev–Trinajstić information content (AvgIpc) is 3.15. The number of fused-ring (bicyclic) bond motifs is 5. The van der Waals surface area contributed by atoms with Gasteiger partial charge in [0.2, 0.25) is 0 Å². The number of benzene rings is 2. The van der Waals surface area contributed by atoms with Crippen LogP contribution in [0.1, 0.15) is 17.5 Å². The lowest BCUT2D eigenvalue weighted by molar-refractivity contribution is 0.0531. The van der Waals surface area contributed by atoms with Gasteiger partial charge >= 0.3 is 5.97 Å². The number of carbonyl (C=O) groups excluding carboxylic acids is 1. The van der Waals surface area contributed by atoms with Crippen LogP contribution < -0.4 is 0 Å². The molecular formula is C19H13FN2O2. The first-order chi connectivity index (χ1) is 11.7. The minimum absolute atomic E-state index is 0. The molecule has 0 unspecified atom stereocenters. The van der Waals surface area contributed by atoms with Crippen molar-refractivity contribution in [1.29, 1.82) is 0 Å². The van der Waals surface area contributed by atoms with E-state index >= 15 is 0 Å². The summed E-state index contributed by atoms with van der Waals surface area (Å²) in [5.41, 5.74) is 4.96. The normalized spacial score (nSPS) is 13.5. The maximum absolute atomic E-state index is 13.1. The Kier molecular flexibility index (Phi) is 2.56. The van der Waals surface area contributed by atoms with Gasteiger partial charge in [0.25, 0.3) is 0 Å². The van der Waals surface area contributed by atoms with Gasteiger partial charge in [-0.15, -0.1) is 0 Å². The minimum atomic E-state index is -0.379. The molecule has 1 aliphatic rings. The zero-order valence-electron chi connectivity index (χ0n) is 12.5. The zero-order chi connectivity index (χ0) is 16.3. The van der Waals surface area contributed by atoms with E-state index in [1.54, 1.807) is 18.3 Å². The number of hydrogen-bond acceptors (Lipinski definition) is 3. The second-order valence-corrected chi connectivity index (χ2v) is 5.84. The number of nitrogens with zero attached hydrogens (tertiary/aromatic N) is 1. The third-order valence-corrected chi connectivity index (χ3v) is 4.46. The van der Waals surface area contributed by atoms with Gasteiger partial charge in [-0.25, -0.2) is 14.2 Å². The lowest BCUT2D eigenvalue weighted by Crippen LogP contribution is -1.96. The Morgan fingerprint density at radius 1 is 1.08 bits per heavy atom. The highest BCUT2D eigenvalue weighted by Crippen LogP contribution is 2.35. The van der Waals surface area contributed by atoms with Crippen molar-refractivity contribution in [2.45, 2.75) is 6.61 Å². The van der Waals surface area contributed by atoms with Gasteiger partial charge in [0.1, 0.15) is 12.4 Å². The zero-order valence-corrected chi connectivity index (χ0v) is 12.5. The number of halogens is 1. The van der Waals surface area contributed by atoms with Crippen LogP contribution in [-0.4, -0.2) is 15.9 Å². The molecule has 0 aliphatic carbocycles. The first kappa shape index (κ1) is 13.2. The Bertz CT molecular complexity index is 1140. The summed E-state index contributed by atoms with van der Waals surface area (Å²) in [6.07, 6.45) is 1.66. The van der Waals surface area contributed by atoms with Gasteiger partial charge in [-0.3, -0.25) is 0 Å². The van der Waals surface area contributed by atoms with Gasteiger partial charge < -0.3 is 9.72 Å². The van der Waals surface area contributed by atoms with Gasteiger partial charge in [-0.05, 0) is 35.4 Å². The fourth-order valence-corrected chi connectivity index (χ4v) is 3.30. The minimum Gasteiger partial charge on any atom is -0.456 e. The van der Waals surface area contributed by atoms with Gasteiger partial charge in [-0.2, -0.15) is 0 Å². The number of pyridine rings is 1. The van der Waals surface area contributed by atoms with Crippen LogP contribution in [0.15, 0.2) is 48.7 Å². The van der Waals surface area contributed by atoms with E-state index in [9.17, 15) is 9.18 Å². The Morgan fingerprint density at radius 3 is 2.71 bits per heavy atom. The molecular weight excluding hydrogens is 307 g/mol. The monoisotopic (exact) mass is 320 g/mol. The number of H-pyrrole nitrogens is 1. The molecule has 0 saturated carbocycles. The highest BCUT2D eigenvalue weighted by molar-refractivity contribution is 6.12. The van der Waals surface area contributed by atoms with Crippen LogP contribution in [-0.2, 0) is 11.3 Å². The van der Waals surface area contributed by atoms with Crippen LogP contribution in [0, 0.1) is 5.82 Å². The number of nitrogens with one attached hydrogen (secondary N) is 1. The summed E-state index contributed by atoms with van der Waals surface area (Å²) in [7, 11) is 0. The quantitative estimate of drug-likeness (QED) is 0.528. The maximum atomic E-state index is 13.1. The van der Waals surface area contributed by atoms with E-state index in [1.807, 2.05) is 18.2 Å². The molecule has 24 heavy (non-hydrogen) atoms. The SMILES string of the molecule is O=C1OCc2c1ncc1[nH]c3ccc(-c4ccc(F)cc4)cc3c21.[HH]. The smallest absolute Gasteiger partial charge is 0.357 e. The molecule has 5 heteroatoms. The van der Waals surface area contributed by atoms with Gasteiger partial charge in [0, 0.05) is 23.3 Å². The van der Waals surface area contributed by atoms with Crippen molar-refractivity contribution < 1.29 is 15.3 Å². The van der Waals surface area contributed by atoms with Crippen LogP contribution in [0.25, 0.3) is 32.9 Å². The molecule has 0 atom stereocenters. The Morgan fingerprint density at radius 2 is 1.88 bits per heavy atom. The Hall–Kier alpha value is -3.21. The third kappa shape index (κ3) is 1.78. The molecule has 0 radical (unpaired) electrons. The van der Waals surface area contributed by atoms with E-state index in [2.05, 4.69) is 9.97 Å². The molecule has 3 heterocycles. The van der Waals surface area contributed by atoms with E-state index < -0.39 is 0 Å². The predicted octanol–water partition coefficient (Wildman–Crippen LogP) is 4.44. The van der Waals surface area contributed by atoms with Crippen LogP contribution in [0.2, 0.25) is 0 Å². The molecule has 2 aromatic carbocycles. The highest BCUT2D eigenvalue weighted by Gasteiger charge is 2.26. The maximum Gasteiger partial charge on any atom is 0.357 e. The lowest BCUT2D eigenvalue weighted by atomic mass is 10.0. The van der Waals surface area contributed by atoms with Gasteiger partial charge in [0.05, 0.1) is 11.7 Å². The van der Waals surface area contributed by atoms with Crippen molar-refractivity contribution in [2.75, 3.05) is 0 Å². The van der Waals surface area contributed by atoms with Crippen LogP contribution in [0.5, 0.6) is 0 Å². The fourth-order valence-electron chi connectivity index (χ4n) is 3.30. The first-order valence-corrected chi connectivity index (χ1v) is 7.57. The number of aromatic nitrogens is 2. The second kappa shape index (κ2) is 4.64. The van der Waals surface area contributed by atoms with Crippen molar-refractivity contribution in [3.63, 3.8) is 0 Å². The van der Waals surface area contributed by atoms with Crippen molar-refractivity contribution in [3.05, 3.63) is 65.7 Å². The Balaban J connectivity index is 0.00000157. The fraction of sp³-hybridized carbons (Fsp3) is 0.0526. The standard InChI is InChI=1S/C19H11FN2O2.H2/c20-12-4-1-10(2-5-12)11-3-6-15-13(7-11)17-14-9-24-19(23)18(14)21-8-16(17)22-15;/h1-8,22H,9H2;1H. The number of ether oxygens (including phenoxy) is 1. The Labute approximate surface area is 137 Å². The second-order valence-electron chi connectivity index (χ2n) is 5.84. The molecule has 5 rings (SSSR count). The number of cyclic esters (lactones) is 1. The van der Waals surface area contributed by atoms with E-state index in [0.29, 0.717) is 5.69 Å². The number of rotatable bonds is 1. The molecule has 2 aromatic heterocycles.